The highest BCUT2D eigenvalue weighted by Crippen LogP contribution is 2.38. The Labute approximate surface area is 210 Å². The molecule has 3 aromatic heterocycles. The molecule has 12 heteroatoms. The van der Waals surface area contributed by atoms with Crippen molar-refractivity contribution in [3.05, 3.63) is 72.1 Å². The first kappa shape index (κ1) is 23.5. The van der Waals surface area contributed by atoms with Crippen molar-refractivity contribution >= 4 is 76.8 Å². The summed E-state index contributed by atoms with van der Waals surface area (Å²) < 4.78 is 26.6. The van der Waals surface area contributed by atoms with Gasteiger partial charge in [0.25, 0.3) is 5.91 Å². The van der Waals surface area contributed by atoms with E-state index in [1.54, 1.807) is 36.0 Å². The number of fused-ring (bicyclic) bond motifs is 2. The Balaban J connectivity index is 1.58. The van der Waals surface area contributed by atoms with Gasteiger partial charge >= 0.3 is 0 Å². The van der Waals surface area contributed by atoms with Crippen molar-refractivity contribution in [1.82, 2.24) is 15.0 Å². The van der Waals surface area contributed by atoms with Crippen LogP contribution in [0, 0.1) is 0 Å². The zero-order valence-electron chi connectivity index (χ0n) is 19.3. The van der Waals surface area contributed by atoms with Crippen LogP contribution in [-0.4, -0.2) is 42.6 Å². The van der Waals surface area contributed by atoms with Crippen LogP contribution in [0.25, 0.3) is 21.0 Å². The van der Waals surface area contributed by atoms with E-state index in [-0.39, 0.29) is 5.91 Å². The number of carbonyl (C=O) groups excluding carboxylic acids is 1. The van der Waals surface area contributed by atoms with Crippen LogP contribution in [0.15, 0.2) is 66.6 Å². The number of nitrogen functional groups attached to an aromatic ring is 1. The number of hydrogen-bond acceptors (Lipinski definition) is 9. The Bertz CT molecular complexity index is 1730. The molecular weight excluding hydrogens is 498 g/mol. The molecule has 10 nitrogen and oxygen atoms in total. The minimum atomic E-state index is -3.43. The minimum Gasteiger partial charge on any atom is -0.382 e. The summed E-state index contributed by atoms with van der Waals surface area (Å²) in [6.45, 7) is 0. The quantitative estimate of drug-likeness (QED) is 0.303. The summed E-state index contributed by atoms with van der Waals surface area (Å²) in [5.74, 6) is -0.0194. The molecular formula is C24H21N7O3S2. The number of hydrogen-bond donors (Lipinski definition) is 3. The normalized spacial score (nSPS) is 11.5. The SMILES string of the molecule is CN(c1cccc(NS(C)(=O)=O)c1)c1ccc2cnccc2c1NC(=O)c1csc2c(N)ncnc12. The van der Waals surface area contributed by atoms with Gasteiger partial charge in [0.05, 0.1) is 39.1 Å². The highest BCUT2D eigenvalue weighted by atomic mass is 32.2. The summed E-state index contributed by atoms with van der Waals surface area (Å²) in [6.07, 6.45) is 5.81. The highest BCUT2D eigenvalue weighted by Gasteiger charge is 2.20. The Morgan fingerprint density at radius 1 is 1.14 bits per heavy atom. The number of sulfonamides is 1. The van der Waals surface area contributed by atoms with Crippen LogP contribution in [0.3, 0.4) is 0 Å². The lowest BCUT2D eigenvalue weighted by atomic mass is 10.1. The van der Waals surface area contributed by atoms with Crippen molar-refractivity contribution in [3.8, 4) is 0 Å². The first-order chi connectivity index (χ1) is 17.2. The maximum absolute atomic E-state index is 13.4. The number of anilines is 5. The third kappa shape index (κ3) is 4.51. The molecule has 0 aliphatic rings. The minimum absolute atomic E-state index is 0.322. The van der Waals surface area contributed by atoms with Crippen molar-refractivity contribution in [2.75, 3.05) is 34.0 Å². The second-order valence-corrected chi connectivity index (χ2v) is 10.7. The van der Waals surface area contributed by atoms with Crippen LogP contribution in [0.2, 0.25) is 0 Å². The Morgan fingerprint density at radius 2 is 1.97 bits per heavy atom. The van der Waals surface area contributed by atoms with Gasteiger partial charge in [-0.2, -0.15) is 0 Å². The van der Waals surface area contributed by atoms with Crippen LogP contribution in [-0.2, 0) is 10.0 Å². The average molecular weight is 520 g/mol. The lowest BCUT2D eigenvalue weighted by Crippen LogP contribution is -2.17. The summed E-state index contributed by atoms with van der Waals surface area (Å²) in [7, 11) is -1.60. The van der Waals surface area contributed by atoms with Gasteiger partial charge in [0.1, 0.15) is 12.1 Å². The summed E-state index contributed by atoms with van der Waals surface area (Å²) in [6, 6.07) is 12.6. The van der Waals surface area contributed by atoms with Crippen LogP contribution >= 0.6 is 11.3 Å². The Hall–Kier alpha value is -4.29. The molecule has 4 N–H and O–H groups in total. The molecule has 0 radical (unpaired) electrons. The molecule has 0 unspecified atom stereocenters. The van der Waals surface area contributed by atoms with Crippen LogP contribution in [0.5, 0.6) is 0 Å². The number of aromatic nitrogens is 3. The fourth-order valence-electron chi connectivity index (χ4n) is 3.91. The molecule has 3 heterocycles. The molecule has 0 saturated heterocycles. The largest absolute Gasteiger partial charge is 0.382 e. The number of amides is 1. The summed E-state index contributed by atoms with van der Waals surface area (Å²) in [5, 5.41) is 6.41. The van der Waals surface area contributed by atoms with Crippen LogP contribution in [0.1, 0.15) is 10.4 Å². The molecule has 2 aromatic carbocycles. The predicted octanol–water partition coefficient (Wildman–Crippen LogP) is 4.21. The number of rotatable bonds is 6. The van der Waals surface area contributed by atoms with E-state index in [1.165, 1.54) is 17.7 Å². The highest BCUT2D eigenvalue weighted by molar-refractivity contribution is 7.92. The Morgan fingerprint density at radius 3 is 2.78 bits per heavy atom. The molecule has 0 spiro atoms. The summed E-state index contributed by atoms with van der Waals surface area (Å²) in [4.78, 5) is 27.8. The summed E-state index contributed by atoms with van der Waals surface area (Å²) >= 11 is 1.31. The zero-order chi connectivity index (χ0) is 25.4. The number of benzene rings is 2. The van der Waals surface area contributed by atoms with Crippen LogP contribution < -0.4 is 20.7 Å². The van der Waals surface area contributed by atoms with Crippen molar-refractivity contribution in [2.45, 2.75) is 0 Å². The second kappa shape index (κ2) is 9.06. The molecule has 0 aliphatic carbocycles. The van der Waals surface area contributed by atoms with Gasteiger partial charge in [-0.25, -0.2) is 18.4 Å². The number of carbonyl (C=O) groups is 1. The molecule has 0 aliphatic heterocycles. The van der Waals surface area contributed by atoms with E-state index in [2.05, 4.69) is 25.0 Å². The number of pyridine rings is 1. The molecule has 0 saturated carbocycles. The Kier molecular flexibility index (Phi) is 5.90. The van der Waals surface area contributed by atoms with E-state index in [1.807, 2.05) is 36.2 Å². The van der Waals surface area contributed by atoms with Crippen molar-refractivity contribution in [2.24, 2.45) is 0 Å². The molecule has 1 amide bonds. The van der Waals surface area contributed by atoms with Gasteiger partial charge in [0.2, 0.25) is 10.0 Å². The van der Waals surface area contributed by atoms with Gasteiger partial charge in [0, 0.05) is 41.3 Å². The monoisotopic (exact) mass is 519 g/mol. The van der Waals surface area contributed by atoms with Gasteiger partial charge in [0.15, 0.2) is 0 Å². The van der Waals surface area contributed by atoms with Gasteiger partial charge in [-0.1, -0.05) is 12.1 Å². The average Bonchev–Trinajstić information content (AvgIpc) is 3.29. The summed E-state index contributed by atoms with van der Waals surface area (Å²) in [5.41, 5.74) is 9.25. The molecule has 0 bridgehead atoms. The molecule has 5 aromatic rings. The first-order valence-electron chi connectivity index (χ1n) is 10.7. The molecule has 182 valence electrons. The predicted molar refractivity (Wildman–Crippen MR) is 144 cm³/mol. The number of thiophene rings is 1. The van der Waals surface area contributed by atoms with Crippen molar-refractivity contribution < 1.29 is 13.2 Å². The van der Waals surface area contributed by atoms with Gasteiger partial charge in [-0.15, -0.1) is 11.3 Å². The maximum Gasteiger partial charge on any atom is 0.258 e. The van der Waals surface area contributed by atoms with E-state index in [0.29, 0.717) is 44.3 Å². The smallest absolute Gasteiger partial charge is 0.258 e. The topological polar surface area (TPSA) is 143 Å². The fourth-order valence-corrected chi connectivity index (χ4v) is 5.37. The number of nitrogens with one attached hydrogen (secondary N) is 2. The maximum atomic E-state index is 13.4. The lowest BCUT2D eigenvalue weighted by molar-refractivity contribution is 0.102. The lowest BCUT2D eigenvalue weighted by Gasteiger charge is -2.24. The van der Waals surface area contributed by atoms with E-state index in [9.17, 15) is 13.2 Å². The van der Waals surface area contributed by atoms with E-state index >= 15 is 0 Å². The van der Waals surface area contributed by atoms with Gasteiger partial charge in [-0.05, 0) is 30.3 Å². The molecule has 0 atom stereocenters. The zero-order valence-corrected chi connectivity index (χ0v) is 20.9. The van der Waals surface area contributed by atoms with Gasteiger partial charge in [-0.3, -0.25) is 14.5 Å². The number of nitrogens with two attached hydrogens (primary N) is 1. The van der Waals surface area contributed by atoms with E-state index in [0.717, 1.165) is 17.0 Å². The number of nitrogens with zero attached hydrogens (tertiary/aromatic N) is 4. The molecule has 36 heavy (non-hydrogen) atoms. The van der Waals surface area contributed by atoms with Crippen molar-refractivity contribution in [1.29, 1.82) is 0 Å². The molecule has 0 fully saturated rings. The first-order valence-corrected chi connectivity index (χ1v) is 13.5. The van der Waals surface area contributed by atoms with E-state index < -0.39 is 10.0 Å². The van der Waals surface area contributed by atoms with Crippen LogP contribution in [0.4, 0.5) is 28.6 Å². The molecule has 5 rings (SSSR count). The van der Waals surface area contributed by atoms with Gasteiger partial charge < -0.3 is 16.0 Å². The van der Waals surface area contributed by atoms with E-state index in [4.69, 9.17) is 5.73 Å². The fraction of sp³-hybridized carbons (Fsp3) is 0.0833. The van der Waals surface area contributed by atoms with Crippen molar-refractivity contribution in [3.63, 3.8) is 0 Å². The second-order valence-electron chi connectivity index (χ2n) is 8.08. The third-order valence-electron chi connectivity index (χ3n) is 5.56. The third-order valence-corrected chi connectivity index (χ3v) is 7.16. The standard InChI is InChI=1S/C24H21N7O3S2/c1-31(16-5-3-4-15(10-16)30-36(2,33)34)19-7-6-14-11-26-9-8-17(14)20(19)29-24(32)18-12-35-22-21(18)27-13-28-23(22)25/h3-13,30H,1-2H3,(H,29,32)(H2,25,27,28).